The third kappa shape index (κ3) is 3.58. The Bertz CT molecular complexity index is 1520. The highest BCUT2D eigenvalue weighted by atomic mass is 16.3. The Hall–Kier alpha value is -3.84. The van der Waals surface area contributed by atoms with E-state index in [0.29, 0.717) is 17.3 Å². The molecule has 0 radical (unpaired) electrons. The molecule has 0 aliphatic heterocycles. The van der Waals surface area contributed by atoms with Gasteiger partial charge in [0, 0.05) is 24.0 Å². The number of aliphatic hydroxyl groups excluding tert-OH is 1. The van der Waals surface area contributed by atoms with Crippen molar-refractivity contribution in [2.45, 2.75) is 44.2 Å². The molecule has 0 saturated heterocycles. The number of hydrogen-bond donors (Lipinski definition) is 1. The quantitative estimate of drug-likeness (QED) is 0.414. The van der Waals surface area contributed by atoms with Gasteiger partial charge in [-0.2, -0.15) is 0 Å². The van der Waals surface area contributed by atoms with E-state index in [1.807, 2.05) is 47.3 Å². The maximum absolute atomic E-state index is 13.6. The molecular weight excluding hydrogens is 426 g/mol. The van der Waals surface area contributed by atoms with Gasteiger partial charge in [-0.25, -0.2) is 15.0 Å². The number of rotatable bonds is 4. The van der Waals surface area contributed by atoms with E-state index in [2.05, 4.69) is 22.1 Å². The summed E-state index contributed by atoms with van der Waals surface area (Å²) >= 11 is 0. The van der Waals surface area contributed by atoms with Crippen molar-refractivity contribution in [3.8, 4) is 5.82 Å². The Morgan fingerprint density at radius 1 is 0.971 bits per heavy atom. The normalized spacial score (nSPS) is 18.5. The number of fused-ring (bicyclic) bond motifs is 3. The van der Waals surface area contributed by atoms with E-state index >= 15 is 0 Å². The van der Waals surface area contributed by atoms with Gasteiger partial charge >= 0.3 is 0 Å². The maximum atomic E-state index is 13.6. The summed E-state index contributed by atoms with van der Waals surface area (Å²) in [7, 11) is 0. The van der Waals surface area contributed by atoms with Crippen molar-refractivity contribution < 1.29 is 5.11 Å². The zero-order valence-electron chi connectivity index (χ0n) is 18.7. The van der Waals surface area contributed by atoms with E-state index in [1.54, 1.807) is 23.4 Å². The molecule has 3 heterocycles. The van der Waals surface area contributed by atoms with E-state index < -0.39 is 6.10 Å². The van der Waals surface area contributed by atoms with Crippen molar-refractivity contribution in [3.05, 3.63) is 95.2 Å². The van der Waals surface area contributed by atoms with Crippen molar-refractivity contribution in [1.29, 1.82) is 0 Å². The molecule has 7 heteroatoms. The summed E-state index contributed by atoms with van der Waals surface area (Å²) in [5.74, 6) is 0.808. The molecule has 0 bridgehead atoms. The van der Waals surface area contributed by atoms with Crippen LogP contribution >= 0.6 is 0 Å². The first kappa shape index (κ1) is 20.7. The lowest BCUT2D eigenvalue weighted by atomic mass is 9.92. The zero-order valence-corrected chi connectivity index (χ0v) is 18.7. The molecule has 34 heavy (non-hydrogen) atoms. The van der Waals surface area contributed by atoms with Crippen molar-refractivity contribution in [2.24, 2.45) is 0 Å². The van der Waals surface area contributed by atoms with Crippen molar-refractivity contribution in [2.75, 3.05) is 0 Å². The number of pyridine rings is 1. The minimum absolute atomic E-state index is 0.0865. The summed E-state index contributed by atoms with van der Waals surface area (Å²) in [4.78, 5) is 26.9. The lowest BCUT2D eigenvalue weighted by molar-refractivity contribution is 0.0735. The van der Waals surface area contributed by atoms with E-state index in [-0.39, 0.29) is 11.6 Å². The molecule has 1 saturated carbocycles. The predicted octanol–water partition coefficient (Wildman–Crippen LogP) is 4.20. The monoisotopic (exact) mass is 451 g/mol. The van der Waals surface area contributed by atoms with Crippen LogP contribution in [-0.2, 0) is 6.42 Å². The molecule has 0 spiro atoms. The highest BCUT2D eigenvalue weighted by Gasteiger charge is 2.26. The lowest BCUT2D eigenvalue weighted by Gasteiger charge is -2.29. The van der Waals surface area contributed by atoms with Crippen molar-refractivity contribution in [1.82, 2.24) is 24.1 Å². The molecule has 3 aromatic heterocycles. The Labute approximate surface area is 196 Å². The number of nitrogens with zero attached hydrogens (tertiary/aromatic N) is 5. The average Bonchev–Trinajstić information content (AvgIpc) is 3.41. The van der Waals surface area contributed by atoms with Gasteiger partial charge in [-0.15, -0.1) is 0 Å². The van der Waals surface area contributed by atoms with Crippen LogP contribution in [0.2, 0.25) is 0 Å². The standard InChI is InChI=1S/C27H25N5O2/c33-24-8-4-3-7-23(24)32-17-30-26-21-6-2-1-5-20(21)19(14-22(26)27(32)34)13-18-9-10-25(29-15-18)31-12-11-28-16-31/h1-2,5-6,9-12,14-17,23-24,33H,3-4,7-8,13H2/t23-,24-/m0/s1. The molecule has 2 aromatic carbocycles. The van der Waals surface area contributed by atoms with Crippen LogP contribution in [0.4, 0.5) is 0 Å². The molecule has 0 unspecified atom stereocenters. The van der Waals surface area contributed by atoms with Gasteiger partial charge in [-0.05, 0) is 47.9 Å². The number of hydrogen-bond acceptors (Lipinski definition) is 5. The van der Waals surface area contributed by atoms with E-state index in [0.717, 1.165) is 53.4 Å². The Balaban J connectivity index is 1.45. The number of aromatic nitrogens is 5. The van der Waals surface area contributed by atoms with Crippen LogP contribution in [0.3, 0.4) is 0 Å². The minimum Gasteiger partial charge on any atom is -0.391 e. The van der Waals surface area contributed by atoms with E-state index in [4.69, 9.17) is 4.98 Å². The Morgan fingerprint density at radius 2 is 1.82 bits per heavy atom. The van der Waals surface area contributed by atoms with Gasteiger partial charge in [-0.3, -0.25) is 13.9 Å². The first-order chi connectivity index (χ1) is 16.7. The Kier molecular flexibility index (Phi) is 5.19. The van der Waals surface area contributed by atoms with Gasteiger partial charge in [-0.1, -0.05) is 43.2 Å². The van der Waals surface area contributed by atoms with Gasteiger partial charge < -0.3 is 5.11 Å². The smallest absolute Gasteiger partial charge is 0.261 e. The zero-order chi connectivity index (χ0) is 23.1. The second-order valence-corrected chi connectivity index (χ2v) is 9.02. The number of benzene rings is 2. The van der Waals surface area contributed by atoms with E-state index in [1.165, 1.54) is 0 Å². The summed E-state index contributed by atoms with van der Waals surface area (Å²) in [6.45, 7) is 0. The maximum Gasteiger partial charge on any atom is 0.261 e. The fraction of sp³-hybridized carbons (Fsp3) is 0.259. The van der Waals surface area contributed by atoms with Gasteiger partial charge in [0.1, 0.15) is 12.1 Å². The van der Waals surface area contributed by atoms with Crippen molar-refractivity contribution >= 4 is 21.7 Å². The molecule has 170 valence electrons. The predicted molar refractivity (Wildman–Crippen MR) is 131 cm³/mol. The molecule has 1 aliphatic rings. The number of imidazole rings is 1. The Morgan fingerprint density at radius 3 is 2.59 bits per heavy atom. The van der Waals surface area contributed by atoms with Gasteiger partial charge in [0.05, 0.1) is 29.4 Å². The van der Waals surface area contributed by atoms with Crippen LogP contribution in [0.1, 0.15) is 42.9 Å². The average molecular weight is 452 g/mol. The third-order valence-corrected chi connectivity index (χ3v) is 6.90. The van der Waals surface area contributed by atoms with Gasteiger partial charge in [0.2, 0.25) is 0 Å². The fourth-order valence-electron chi connectivity index (χ4n) is 5.14. The summed E-state index contributed by atoms with van der Waals surface area (Å²) in [5, 5.41) is 13.2. The van der Waals surface area contributed by atoms with Crippen LogP contribution in [0.25, 0.3) is 27.5 Å². The second kappa shape index (κ2) is 8.50. The summed E-state index contributed by atoms with van der Waals surface area (Å²) in [6.07, 6.45) is 12.5. The number of aliphatic hydroxyl groups is 1. The first-order valence-electron chi connectivity index (χ1n) is 11.7. The van der Waals surface area contributed by atoms with Gasteiger partial charge in [0.15, 0.2) is 0 Å². The van der Waals surface area contributed by atoms with Crippen LogP contribution in [0.5, 0.6) is 0 Å². The SMILES string of the molecule is O=c1c2cc(Cc3ccc(-n4ccnc4)nc3)c3ccccc3c2ncn1[C@H]1CCCC[C@@H]1O. The molecule has 2 atom stereocenters. The van der Waals surface area contributed by atoms with Gasteiger partial charge in [0.25, 0.3) is 5.56 Å². The molecule has 1 aliphatic carbocycles. The summed E-state index contributed by atoms with van der Waals surface area (Å²) in [6, 6.07) is 13.9. The molecule has 1 fully saturated rings. The van der Waals surface area contributed by atoms with Crippen LogP contribution < -0.4 is 5.56 Å². The second-order valence-electron chi connectivity index (χ2n) is 9.02. The molecule has 0 amide bonds. The van der Waals surface area contributed by atoms with E-state index in [9.17, 15) is 9.90 Å². The lowest BCUT2D eigenvalue weighted by Crippen LogP contribution is -2.34. The molecule has 6 rings (SSSR count). The largest absolute Gasteiger partial charge is 0.391 e. The molecule has 1 N–H and O–H groups in total. The van der Waals surface area contributed by atoms with Crippen LogP contribution in [-0.4, -0.2) is 35.3 Å². The fourth-order valence-corrected chi connectivity index (χ4v) is 5.14. The van der Waals surface area contributed by atoms with Crippen LogP contribution in [0, 0.1) is 0 Å². The summed E-state index contributed by atoms with van der Waals surface area (Å²) < 4.78 is 3.51. The third-order valence-electron chi connectivity index (χ3n) is 6.90. The minimum atomic E-state index is -0.509. The van der Waals surface area contributed by atoms with Crippen LogP contribution in [0.15, 0.2) is 78.5 Å². The molecular formula is C27H25N5O2. The van der Waals surface area contributed by atoms with Crippen molar-refractivity contribution in [3.63, 3.8) is 0 Å². The topological polar surface area (TPSA) is 85.8 Å². The highest BCUT2D eigenvalue weighted by Crippen LogP contribution is 2.30. The summed E-state index contributed by atoms with van der Waals surface area (Å²) in [5.41, 5.74) is 2.73. The first-order valence-corrected chi connectivity index (χ1v) is 11.7. The molecule has 5 aromatic rings. The highest BCUT2D eigenvalue weighted by molar-refractivity contribution is 6.06. The molecule has 7 nitrogen and oxygen atoms in total.